The van der Waals surface area contributed by atoms with Crippen molar-refractivity contribution in [3.63, 3.8) is 0 Å². The maximum absolute atomic E-state index is 11.1. The molecule has 1 aromatic rings. The van der Waals surface area contributed by atoms with Crippen molar-refractivity contribution in [2.45, 2.75) is 45.6 Å². The van der Waals surface area contributed by atoms with Gasteiger partial charge in [0, 0.05) is 19.2 Å². The summed E-state index contributed by atoms with van der Waals surface area (Å²) in [6.07, 6.45) is 8.23. The van der Waals surface area contributed by atoms with Crippen molar-refractivity contribution < 1.29 is 9.53 Å². The fraction of sp³-hybridized carbons (Fsp3) is 0.769. The van der Waals surface area contributed by atoms with Crippen molar-refractivity contribution in [3.8, 4) is 0 Å². The Bertz CT molecular complexity index is 327. The summed E-state index contributed by atoms with van der Waals surface area (Å²) in [6.45, 7) is 5.20. The molecule has 1 N–H and O–H groups in total. The lowest BCUT2D eigenvalue weighted by Gasteiger charge is -2.05. The molecule has 6 heteroatoms. The van der Waals surface area contributed by atoms with E-state index < -0.39 is 0 Å². The second kappa shape index (κ2) is 10.5. The van der Waals surface area contributed by atoms with Crippen LogP contribution < -0.4 is 5.32 Å². The average molecular weight is 268 g/mol. The molecular weight excluding hydrogens is 244 g/mol. The van der Waals surface area contributed by atoms with E-state index >= 15 is 0 Å². The molecule has 6 nitrogen and oxygen atoms in total. The predicted octanol–water partition coefficient (Wildman–Crippen LogP) is 1.38. The van der Waals surface area contributed by atoms with Gasteiger partial charge in [0.1, 0.15) is 0 Å². The third-order valence-electron chi connectivity index (χ3n) is 2.75. The van der Waals surface area contributed by atoms with Gasteiger partial charge in [-0.3, -0.25) is 9.48 Å². The second-order valence-electron chi connectivity index (χ2n) is 4.39. The lowest BCUT2D eigenvalue weighted by Crippen LogP contribution is -2.18. The summed E-state index contributed by atoms with van der Waals surface area (Å²) < 4.78 is 6.70. The normalized spacial score (nSPS) is 10.6. The lowest BCUT2D eigenvalue weighted by molar-refractivity contribution is -0.143. The molecule has 0 fully saturated rings. The van der Waals surface area contributed by atoms with Crippen LogP contribution in [0.3, 0.4) is 0 Å². The SMILES string of the molecule is CCOC(=O)CCCCCNCCCn1ccnn1. The number of ether oxygens (including phenoxy) is 1. The van der Waals surface area contributed by atoms with Crippen LogP contribution >= 0.6 is 0 Å². The van der Waals surface area contributed by atoms with Gasteiger partial charge in [-0.1, -0.05) is 11.6 Å². The van der Waals surface area contributed by atoms with Gasteiger partial charge in [-0.2, -0.15) is 0 Å². The summed E-state index contributed by atoms with van der Waals surface area (Å²) in [5, 5.41) is 11.0. The van der Waals surface area contributed by atoms with Crippen molar-refractivity contribution in [1.29, 1.82) is 0 Å². The molecule has 0 aromatic carbocycles. The van der Waals surface area contributed by atoms with Crippen LogP contribution in [0.2, 0.25) is 0 Å². The molecule has 0 aliphatic carbocycles. The Morgan fingerprint density at radius 1 is 1.26 bits per heavy atom. The number of rotatable bonds is 11. The summed E-state index contributed by atoms with van der Waals surface area (Å²) in [6, 6.07) is 0. The number of carbonyl (C=O) groups is 1. The predicted molar refractivity (Wildman–Crippen MR) is 72.6 cm³/mol. The number of unbranched alkanes of at least 4 members (excludes halogenated alkanes) is 2. The Balaban J connectivity index is 1.80. The van der Waals surface area contributed by atoms with Crippen LogP contribution in [0.25, 0.3) is 0 Å². The highest BCUT2D eigenvalue weighted by Crippen LogP contribution is 2.00. The second-order valence-corrected chi connectivity index (χ2v) is 4.39. The number of carbonyl (C=O) groups excluding carboxylic acids is 1. The molecule has 1 aromatic heterocycles. The Kier molecular flexibility index (Phi) is 8.63. The zero-order chi connectivity index (χ0) is 13.8. The molecule has 0 radical (unpaired) electrons. The van der Waals surface area contributed by atoms with Crippen LogP contribution in [-0.2, 0) is 16.1 Å². The van der Waals surface area contributed by atoms with Gasteiger partial charge in [-0.05, 0) is 39.3 Å². The van der Waals surface area contributed by atoms with Gasteiger partial charge < -0.3 is 10.1 Å². The zero-order valence-electron chi connectivity index (χ0n) is 11.7. The summed E-state index contributed by atoms with van der Waals surface area (Å²) in [5.74, 6) is -0.0803. The number of hydrogen-bond donors (Lipinski definition) is 1. The minimum absolute atomic E-state index is 0.0803. The molecular formula is C13H24N4O2. The molecule has 0 aliphatic rings. The van der Waals surface area contributed by atoms with Crippen molar-refractivity contribution in [2.75, 3.05) is 19.7 Å². The first-order valence-electron chi connectivity index (χ1n) is 7.03. The van der Waals surface area contributed by atoms with Crippen LogP contribution in [0.15, 0.2) is 12.4 Å². The van der Waals surface area contributed by atoms with Gasteiger partial charge in [0.2, 0.25) is 0 Å². The molecule has 19 heavy (non-hydrogen) atoms. The summed E-state index contributed by atoms with van der Waals surface area (Å²) in [5.41, 5.74) is 0. The van der Waals surface area contributed by atoms with E-state index in [-0.39, 0.29) is 5.97 Å². The first-order chi connectivity index (χ1) is 9.33. The molecule has 0 unspecified atom stereocenters. The number of nitrogens with zero attached hydrogens (tertiary/aromatic N) is 3. The van der Waals surface area contributed by atoms with E-state index in [1.165, 1.54) is 0 Å². The van der Waals surface area contributed by atoms with Crippen molar-refractivity contribution >= 4 is 5.97 Å². The van der Waals surface area contributed by atoms with E-state index in [4.69, 9.17) is 4.74 Å². The van der Waals surface area contributed by atoms with Crippen LogP contribution in [0, 0.1) is 0 Å². The maximum atomic E-state index is 11.1. The van der Waals surface area contributed by atoms with Crippen LogP contribution in [-0.4, -0.2) is 40.7 Å². The van der Waals surface area contributed by atoms with Gasteiger partial charge in [-0.15, -0.1) is 5.10 Å². The molecule has 1 rings (SSSR count). The first-order valence-corrected chi connectivity index (χ1v) is 7.03. The Morgan fingerprint density at radius 3 is 2.84 bits per heavy atom. The van der Waals surface area contributed by atoms with Gasteiger partial charge in [0.05, 0.1) is 12.8 Å². The molecule has 108 valence electrons. The zero-order valence-corrected chi connectivity index (χ0v) is 11.7. The van der Waals surface area contributed by atoms with Gasteiger partial charge >= 0.3 is 5.97 Å². The van der Waals surface area contributed by atoms with E-state index in [0.29, 0.717) is 13.0 Å². The van der Waals surface area contributed by atoms with E-state index in [9.17, 15) is 4.79 Å². The Morgan fingerprint density at radius 2 is 2.11 bits per heavy atom. The van der Waals surface area contributed by atoms with E-state index in [2.05, 4.69) is 15.6 Å². The average Bonchev–Trinajstić information content (AvgIpc) is 2.90. The summed E-state index contributed by atoms with van der Waals surface area (Å²) in [4.78, 5) is 11.1. The topological polar surface area (TPSA) is 69.0 Å². The van der Waals surface area contributed by atoms with Gasteiger partial charge in [0.15, 0.2) is 0 Å². The molecule has 0 saturated carbocycles. The molecule has 0 aliphatic heterocycles. The van der Waals surface area contributed by atoms with E-state index in [1.54, 1.807) is 6.20 Å². The fourth-order valence-electron chi connectivity index (χ4n) is 1.77. The number of hydrogen-bond acceptors (Lipinski definition) is 5. The number of aryl methyl sites for hydroxylation is 1. The fourth-order valence-corrected chi connectivity index (χ4v) is 1.77. The highest BCUT2D eigenvalue weighted by Gasteiger charge is 2.00. The minimum Gasteiger partial charge on any atom is -0.466 e. The van der Waals surface area contributed by atoms with Crippen LogP contribution in [0.5, 0.6) is 0 Å². The highest BCUT2D eigenvalue weighted by atomic mass is 16.5. The van der Waals surface area contributed by atoms with Crippen molar-refractivity contribution in [1.82, 2.24) is 20.3 Å². The maximum Gasteiger partial charge on any atom is 0.305 e. The smallest absolute Gasteiger partial charge is 0.305 e. The van der Waals surface area contributed by atoms with E-state index in [0.717, 1.165) is 45.3 Å². The molecule has 0 saturated heterocycles. The summed E-state index contributed by atoms with van der Waals surface area (Å²) in [7, 11) is 0. The van der Waals surface area contributed by atoms with Crippen LogP contribution in [0.1, 0.15) is 39.0 Å². The van der Waals surface area contributed by atoms with Gasteiger partial charge in [-0.25, -0.2) is 0 Å². The molecule has 0 amide bonds. The lowest BCUT2D eigenvalue weighted by atomic mass is 10.2. The first kappa shape index (κ1) is 15.6. The minimum atomic E-state index is -0.0803. The van der Waals surface area contributed by atoms with E-state index in [1.807, 2.05) is 17.8 Å². The van der Waals surface area contributed by atoms with Crippen molar-refractivity contribution in [2.24, 2.45) is 0 Å². The quantitative estimate of drug-likeness (QED) is 0.485. The third-order valence-corrected chi connectivity index (χ3v) is 2.75. The molecule has 0 bridgehead atoms. The molecule has 0 spiro atoms. The standard InChI is InChI=1S/C13H24N4O2/c1-2-19-13(18)7-4-3-5-8-14-9-6-11-17-12-10-15-16-17/h10,12,14H,2-9,11H2,1H3. The Labute approximate surface area is 114 Å². The van der Waals surface area contributed by atoms with Crippen LogP contribution in [0.4, 0.5) is 0 Å². The largest absolute Gasteiger partial charge is 0.466 e. The summed E-state index contributed by atoms with van der Waals surface area (Å²) >= 11 is 0. The molecule has 0 atom stereocenters. The molecule has 1 heterocycles. The highest BCUT2D eigenvalue weighted by molar-refractivity contribution is 5.69. The van der Waals surface area contributed by atoms with Gasteiger partial charge in [0.25, 0.3) is 0 Å². The monoisotopic (exact) mass is 268 g/mol. The number of nitrogens with one attached hydrogen (secondary N) is 1. The Hall–Kier alpha value is -1.43. The number of aromatic nitrogens is 3. The van der Waals surface area contributed by atoms with Crippen molar-refractivity contribution in [3.05, 3.63) is 12.4 Å². The number of esters is 1. The third kappa shape index (κ3) is 8.31.